The van der Waals surface area contributed by atoms with Gasteiger partial charge in [0.25, 0.3) is 5.91 Å². The number of piperazine rings is 1. The summed E-state index contributed by atoms with van der Waals surface area (Å²) in [6.07, 6.45) is 5.10. The Hall–Kier alpha value is -4.26. The second-order valence-corrected chi connectivity index (χ2v) is 10.5. The lowest BCUT2D eigenvalue weighted by molar-refractivity contribution is 0.0664. The number of urea groups is 1. The minimum atomic E-state index is -0.565. The van der Waals surface area contributed by atoms with Crippen LogP contribution in [0.5, 0.6) is 11.5 Å². The minimum absolute atomic E-state index is 0.0107. The molecule has 1 aliphatic heterocycles. The maximum atomic E-state index is 13.2. The number of nitrogens with two attached hydrogens (primary N) is 1. The fraction of sp³-hybridized carbons (Fsp3) is 0.310. The second kappa shape index (κ2) is 14.3. The first kappa shape index (κ1) is 31.7. The number of aromatic nitrogens is 2. The van der Waals surface area contributed by atoms with Gasteiger partial charge in [-0.15, -0.1) is 0 Å². The van der Waals surface area contributed by atoms with E-state index in [9.17, 15) is 9.59 Å². The van der Waals surface area contributed by atoms with Gasteiger partial charge in [0.05, 0.1) is 19.9 Å². The van der Waals surface area contributed by atoms with Crippen LogP contribution in [-0.2, 0) is 6.42 Å². The highest BCUT2D eigenvalue weighted by atomic mass is 35.5. The van der Waals surface area contributed by atoms with Crippen LogP contribution < -0.4 is 30.7 Å². The molecule has 12 nitrogen and oxygen atoms in total. The zero-order valence-electron chi connectivity index (χ0n) is 24.4. The lowest BCUT2D eigenvalue weighted by Gasteiger charge is -2.32. The predicted octanol–water partition coefficient (Wildman–Crippen LogP) is 4.62. The minimum Gasteiger partial charge on any atom is -0.495 e. The molecule has 1 aromatic heterocycles. The zero-order valence-corrected chi connectivity index (χ0v) is 25.9. The summed E-state index contributed by atoms with van der Waals surface area (Å²) in [6.45, 7) is 3.04. The third-order valence-corrected chi connectivity index (χ3v) is 7.74. The molecule has 0 unspecified atom stereocenters. The van der Waals surface area contributed by atoms with E-state index in [-0.39, 0.29) is 33.1 Å². The number of ether oxygens (including phenoxy) is 2. The second-order valence-electron chi connectivity index (χ2n) is 9.76. The highest BCUT2D eigenvalue weighted by Gasteiger charge is 2.23. The monoisotopic (exact) mass is 628 g/mol. The van der Waals surface area contributed by atoms with Gasteiger partial charge in [-0.1, -0.05) is 29.3 Å². The summed E-state index contributed by atoms with van der Waals surface area (Å²) in [5, 5.41) is 6.21. The summed E-state index contributed by atoms with van der Waals surface area (Å²) in [5.74, 6) is 1.28. The Morgan fingerprint density at radius 2 is 1.72 bits per heavy atom. The molecular formula is C29H34Cl2N8O4. The summed E-state index contributed by atoms with van der Waals surface area (Å²) in [6, 6.07) is 8.06. The van der Waals surface area contributed by atoms with Crippen LogP contribution in [0, 0.1) is 0 Å². The number of carbonyl (C=O) groups is 2. The molecule has 14 heteroatoms. The lowest BCUT2D eigenvalue weighted by Crippen LogP contribution is -2.47. The van der Waals surface area contributed by atoms with Crippen molar-refractivity contribution in [1.29, 1.82) is 0 Å². The number of amides is 3. The Morgan fingerprint density at radius 1 is 1.05 bits per heavy atom. The van der Waals surface area contributed by atoms with E-state index in [1.54, 1.807) is 18.2 Å². The molecule has 0 spiro atoms. The summed E-state index contributed by atoms with van der Waals surface area (Å²) in [4.78, 5) is 40.3. The van der Waals surface area contributed by atoms with Gasteiger partial charge < -0.3 is 35.6 Å². The van der Waals surface area contributed by atoms with Crippen molar-refractivity contribution in [3.05, 3.63) is 70.1 Å². The third kappa shape index (κ3) is 7.39. The van der Waals surface area contributed by atoms with E-state index in [0.29, 0.717) is 36.7 Å². The van der Waals surface area contributed by atoms with Crippen LogP contribution in [0.2, 0.25) is 10.0 Å². The van der Waals surface area contributed by atoms with Crippen molar-refractivity contribution in [1.82, 2.24) is 19.8 Å². The first-order valence-electron chi connectivity index (χ1n) is 13.4. The highest BCUT2D eigenvalue weighted by molar-refractivity contribution is 6.41. The quantitative estimate of drug-likeness (QED) is 0.310. The maximum Gasteiger partial charge on any atom is 0.327 e. The maximum absolute atomic E-state index is 13.2. The number of likely N-dealkylation sites (N-methyl/N-ethyl adjacent to an activating group) is 1. The van der Waals surface area contributed by atoms with Gasteiger partial charge in [0.2, 0.25) is 0 Å². The molecule has 4 rings (SSSR count). The SMILES string of the molecule is COc1cc(OC)c(Cl)c(NC(=O)N(C)c2cc(Nc3ccc(C(=O)N4CCN(C)CC4)cc3CC=CN)ncn2)c1Cl. The molecular weight excluding hydrogens is 595 g/mol. The molecule has 1 saturated heterocycles. The fourth-order valence-electron chi connectivity index (χ4n) is 4.43. The number of methoxy groups -OCH3 is 2. The smallest absolute Gasteiger partial charge is 0.327 e. The topological polar surface area (TPSA) is 138 Å². The third-order valence-electron chi connectivity index (χ3n) is 6.99. The van der Waals surface area contributed by atoms with Crippen LogP contribution in [0.25, 0.3) is 0 Å². The molecule has 3 aromatic rings. The van der Waals surface area contributed by atoms with Gasteiger partial charge in [-0.25, -0.2) is 14.8 Å². The van der Waals surface area contributed by atoms with Crippen LogP contribution in [0.1, 0.15) is 15.9 Å². The van der Waals surface area contributed by atoms with E-state index in [4.69, 9.17) is 38.4 Å². The number of hydrogen-bond acceptors (Lipinski definition) is 9. The van der Waals surface area contributed by atoms with Gasteiger partial charge >= 0.3 is 6.03 Å². The van der Waals surface area contributed by atoms with Gasteiger partial charge in [-0.3, -0.25) is 9.69 Å². The van der Waals surface area contributed by atoms with E-state index >= 15 is 0 Å². The van der Waals surface area contributed by atoms with Crippen molar-refractivity contribution in [2.45, 2.75) is 6.42 Å². The fourth-order valence-corrected chi connectivity index (χ4v) is 5.03. The Labute approximate surface area is 260 Å². The molecule has 1 fully saturated rings. The van der Waals surface area contributed by atoms with Gasteiger partial charge in [0.1, 0.15) is 39.5 Å². The number of hydrogen-bond donors (Lipinski definition) is 3. The molecule has 228 valence electrons. The lowest BCUT2D eigenvalue weighted by atomic mass is 10.0. The highest BCUT2D eigenvalue weighted by Crippen LogP contribution is 2.44. The molecule has 4 N–H and O–H groups in total. The van der Waals surface area contributed by atoms with E-state index < -0.39 is 6.03 Å². The number of carbonyl (C=O) groups excluding carboxylic acids is 2. The first-order valence-corrected chi connectivity index (χ1v) is 14.1. The Balaban J connectivity index is 1.54. The van der Waals surface area contributed by atoms with Crippen LogP contribution in [0.4, 0.5) is 27.8 Å². The molecule has 0 aliphatic carbocycles. The number of nitrogens with zero attached hydrogens (tertiary/aromatic N) is 5. The van der Waals surface area contributed by atoms with Crippen LogP contribution >= 0.6 is 23.2 Å². The van der Waals surface area contributed by atoms with Crippen LogP contribution in [0.15, 0.2) is 48.9 Å². The van der Waals surface area contributed by atoms with Crippen LogP contribution in [0.3, 0.4) is 0 Å². The predicted molar refractivity (Wildman–Crippen MR) is 169 cm³/mol. The van der Waals surface area contributed by atoms with E-state index in [2.05, 4.69) is 25.5 Å². The van der Waals surface area contributed by atoms with E-state index in [1.807, 2.05) is 24.1 Å². The Morgan fingerprint density at radius 3 is 2.35 bits per heavy atom. The van der Waals surface area contributed by atoms with Crippen molar-refractivity contribution < 1.29 is 19.1 Å². The van der Waals surface area contributed by atoms with Crippen molar-refractivity contribution in [3.8, 4) is 11.5 Å². The largest absolute Gasteiger partial charge is 0.495 e. The standard InChI is InChI=1S/C29H34Cl2N8O4/c1-37-10-12-39(13-11-37)28(40)19-7-8-20(18(14-19)6-5-9-32)35-23-16-24(34-17-33-23)38(2)29(41)36-27-25(30)21(42-3)15-22(43-4)26(27)31/h5,7-9,14-17H,6,10-13,32H2,1-4H3,(H,36,41)(H,33,34,35). The van der Waals surface area contributed by atoms with Gasteiger partial charge in [-0.2, -0.15) is 0 Å². The summed E-state index contributed by atoms with van der Waals surface area (Å²) in [5.41, 5.74) is 7.93. The van der Waals surface area contributed by atoms with Gasteiger partial charge in [-0.05, 0) is 43.4 Å². The van der Waals surface area contributed by atoms with Crippen molar-refractivity contribution in [2.75, 3.05) is 70.0 Å². The average Bonchev–Trinajstić information content (AvgIpc) is 3.02. The molecule has 43 heavy (non-hydrogen) atoms. The van der Waals surface area contributed by atoms with Gasteiger partial charge in [0.15, 0.2) is 0 Å². The average molecular weight is 630 g/mol. The number of rotatable bonds is 9. The molecule has 2 heterocycles. The molecule has 0 saturated carbocycles. The molecule has 1 aliphatic rings. The zero-order chi connectivity index (χ0) is 31.1. The number of halogens is 2. The molecule has 3 amide bonds. The molecule has 0 bridgehead atoms. The number of benzene rings is 2. The normalized spacial score (nSPS) is 13.6. The first-order chi connectivity index (χ1) is 20.7. The molecule has 0 radical (unpaired) electrons. The number of allylic oxidation sites excluding steroid dienone is 1. The molecule has 0 atom stereocenters. The van der Waals surface area contributed by atoms with Crippen LogP contribution in [-0.4, -0.2) is 86.2 Å². The van der Waals surface area contributed by atoms with Gasteiger partial charge in [0, 0.05) is 56.6 Å². The van der Waals surface area contributed by atoms with Crippen molar-refractivity contribution in [3.63, 3.8) is 0 Å². The number of anilines is 4. The summed E-state index contributed by atoms with van der Waals surface area (Å²) < 4.78 is 10.5. The van der Waals surface area contributed by atoms with Crippen molar-refractivity contribution >= 4 is 58.2 Å². The number of nitrogens with one attached hydrogen (secondary N) is 2. The Kier molecular flexibility index (Phi) is 10.5. The Bertz CT molecular complexity index is 1480. The molecule has 2 aromatic carbocycles. The summed E-state index contributed by atoms with van der Waals surface area (Å²) in [7, 11) is 6.47. The van der Waals surface area contributed by atoms with Crippen molar-refractivity contribution in [2.24, 2.45) is 5.73 Å². The van der Waals surface area contributed by atoms with E-state index in [1.165, 1.54) is 44.8 Å². The summed E-state index contributed by atoms with van der Waals surface area (Å²) >= 11 is 12.8. The van der Waals surface area contributed by atoms with E-state index in [0.717, 1.165) is 24.3 Å².